The predicted octanol–water partition coefficient (Wildman–Crippen LogP) is 4.73. The number of halogens is 1. The van der Waals surface area contributed by atoms with Gasteiger partial charge in [-0.1, -0.05) is 35.9 Å². The predicted molar refractivity (Wildman–Crippen MR) is 109 cm³/mol. The summed E-state index contributed by atoms with van der Waals surface area (Å²) in [4.78, 5) is 21.3. The lowest BCUT2D eigenvalue weighted by molar-refractivity contribution is 0.0945. The van der Waals surface area contributed by atoms with Crippen molar-refractivity contribution in [1.82, 2.24) is 15.3 Å². The first-order chi connectivity index (χ1) is 12.9. The Balaban J connectivity index is 1.75. The van der Waals surface area contributed by atoms with Gasteiger partial charge in [-0.2, -0.15) is 0 Å². The van der Waals surface area contributed by atoms with E-state index in [2.05, 4.69) is 20.6 Å². The average molecular weight is 381 g/mol. The summed E-state index contributed by atoms with van der Waals surface area (Å²) in [6, 6.07) is 15.0. The molecule has 3 rings (SSSR count). The molecule has 0 spiro atoms. The molecule has 27 heavy (non-hydrogen) atoms. The number of benzene rings is 2. The Labute approximate surface area is 163 Å². The Morgan fingerprint density at radius 3 is 2.52 bits per heavy atom. The molecule has 0 bridgehead atoms. The van der Waals surface area contributed by atoms with Crippen LogP contribution in [-0.2, 0) is 6.54 Å². The third-order valence-corrected chi connectivity index (χ3v) is 4.56. The second-order valence-corrected chi connectivity index (χ2v) is 6.84. The van der Waals surface area contributed by atoms with E-state index < -0.39 is 0 Å². The lowest BCUT2D eigenvalue weighted by Crippen LogP contribution is -2.24. The molecule has 1 heterocycles. The van der Waals surface area contributed by atoms with Crippen LogP contribution in [0.25, 0.3) is 0 Å². The number of amides is 1. The van der Waals surface area contributed by atoms with Gasteiger partial charge >= 0.3 is 0 Å². The van der Waals surface area contributed by atoms with Gasteiger partial charge < -0.3 is 10.6 Å². The standard InChI is InChI=1S/C21H21ClN4O/c1-13-5-4-6-18(15(13)3)25-21-24-14(2)11-19(26-21)20(27)23-12-16-7-9-17(22)10-8-16/h4-11H,12H2,1-3H3,(H,23,27)(H,24,25,26). The van der Waals surface area contributed by atoms with Crippen molar-refractivity contribution in [3.8, 4) is 0 Å². The second kappa shape index (κ2) is 8.18. The third-order valence-electron chi connectivity index (χ3n) is 4.30. The number of aryl methyl sites for hydroxylation is 2. The molecule has 5 nitrogen and oxygen atoms in total. The molecule has 0 fully saturated rings. The van der Waals surface area contributed by atoms with E-state index >= 15 is 0 Å². The van der Waals surface area contributed by atoms with Crippen molar-refractivity contribution in [3.63, 3.8) is 0 Å². The van der Waals surface area contributed by atoms with E-state index in [9.17, 15) is 4.79 Å². The molecule has 0 atom stereocenters. The van der Waals surface area contributed by atoms with Crippen LogP contribution in [0.4, 0.5) is 11.6 Å². The summed E-state index contributed by atoms with van der Waals surface area (Å²) in [7, 11) is 0. The summed E-state index contributed by atoms with van der Waals surface area (Å²) in [5.41, 5.74) is 5.23. The van der Waals surface area contributed by atoms with Gasteiger partial charge in [0.05, 0.1) is 0 Å². The van der Waals surface area contributed by atoms with Gasteiger partial charge in [0.2, 0.25) is 5.95 Å². The van der Waals surface area contributed by atoms with Crippen molar-refractivity contribution in [3.05, 3.63) is 81.6 Å². The Morgan fingerprint density at radius 1 is 1.04 bits per heavy atom. The summed E-state index contributed by atoms with van der Waals surface area (Å²) >= 11 is 5.88. The van der Waals surface area contributed by atoms with E-state index in [1.807, 2.05) is 51.1 Å². The van der Waals surface area contributed by atoms with Crippen LogP contribution in [0.5, 0.6) is 0 Å². The summed E-state index contributed by atoms with van der Waals surface area (Å²) in [5, 5.41) is 6.75. The number of hydrogen-bond donors (Lipinski definition) is 2. The zero-order valence-corrected chi connectivity index (χ0v) is 16.3. The SMILES string of the molecule is Cc1cc(C(=O)NCc2ccc(Cl)cc2)nc(Nc2cccc(C)c2C)n1. The van der Waals surface area contributed by atoms with Gasteiger partial charge in [-0.15, -0.1) is 0 Å². The fourth-order valence-corrected chi connectivity index (χ4v) is 2.75. The molecule has 2 aromatic carbocycles. The average Bonchev–Trinajstić information content (AvgIpc) is 2.64. The monoisotopic (exact) mass is 380 g/mol. The molecule has 0 aliphatic heterocycles. The Bertz CT molecular complexity index is 970. The molecule has 138 valence electrons. The quantitative estimate of drug-likeness (QED) is 0.671. The van der Waals surface area contributed by atoms with Crippen molar-refractivity contribution in [1.29, 1.82) is 0 Å². The highest BCUT2D eigenvalue weighted by Crippen LogP contribution is 2.21. The third kappa shape index (κ3) is 4.83. The molecule has 3 aromatic rings. The van der Waals surface area contributed by atoms with Gasteiger partial charge in [-0.25, -0.2) is 9.97 Å². The van der Waals surface area contributed by atoms with Crippen molar-refractivity contribution in [2.24, 2.45) is 0 Å². The van der Waals surface area contributed by atoms with E-state index in [-0.39, 0.29) is 5.91 Å². The van der Waals surface area contributed by atoms with Crippen LogP contribution in [-0.4, -0.2) is 15.9 Å². The van der Waals surface area contributed by atoms with Crippen molar-refractivity contribution >= 4 is 29.1 Å². The highest BCUT2D eigenvalue weighted by molar-refractivity contribution is 6.30. The highest BCUT2D eigenvalue weighted by atomic mass is 35.5. The molecule has 0 unspecified atom stereocenters. The Hall–Kier alpha value is -2.92. The van der Waals surface area contributed by atoms with Gasteiger partial charge in [0.15, 0.2) is 0 Å². The van der Waals surface area contributed by atoms with Gasteiger partial charge in [0, 0.05) is 22.9 Å². The van der Waals surface area contributed by atoms with Crippen LogP contribution >= 0.6 is 11.6 Å². The Morgan fingerprint density at radius 2 is 1.78 bits per heavy atom. The number of carbonyl (C=O) groups is 1. The molecule has 0 aliphatic rings. The minimum Gasteiger partial charge on any atom is -0.347 e. The summed E-state index contributed by atoms with van der Waals surface area (Å²) < 4.78 is 0. The fourth-order valence-electron chi connectivity index (χ4n) is 2.62. The normalized spacial score (nSPS) is 10.5. The maximum absolute atomic E-state index is 12.5. The van der Waals surface area contributed by atoms with E-state index in [0.29, 0.717) is 23.2 Å². The van der Waals surface area contributed by atoms with Crippen molar-refractivity contribution < 1.29 is 4.79 Å². The molecule has 6 heteroatoms. The van der Waals surface area contributed by atoms with Gasteiger partial charge in [-0.3, -0.25) is 4.79 Å². The molecular formula is C21H21ClN4O. The summed E-state index contributed by atoms with van der Waals surface area (Å²) in [6.07, 6.45) is 0. The van der Waals surface area contributed by atoms with E-state index in [4.69, 9.17) is 11.6 Å². The van der Waals surface area contributed by atoms with Crippen LogP contribution in [0.1, 0.15) is 32.9 Å². The van der Waals surface area contributed by atoms with Crippen LogP contribution in [0.3, 0.4) is 0 Å². The number of anilines is 2. The Kier molecular flexibility index (Phi) is 5.72. The highest BCUT2D eigenvalue weighted by Gasteiger charge is 2.11. The first-order valence-electron chi connectivity index (χ1n) is 8.64. The lowest BCUT2D eigenvalue weighted by atomic mass is 10.1. The van der Waals surface area contributed by atoms with Gasteiger partial charge in [0.25, 0.3) is 5.91 Å². The van der Waals surface area contributed by atoms with Crippen LogP contribution in [0.2, 0.25) is 5.02 Å². The zero-order valence-electron chi connectivity index (χ0n) is 15.5. The smallest absolute Gasteiger partial charge is 0.270 e. The molecule has 2 N–H and O–H groups in total. The maximum atomic E-state index is 12.5. The van der Waals surface area contributed by atoms with Crippen molar-refractivity contribution in [2.75, 3.05) is 5.32 Å². The zero-order chi connectivity index (χ0) is 19.4. The molecule has 0 saturated heterocycles. The minimum atomic E-state index is -0.250. The number of nitrogens with one attached hydrogen (secondary N) is 2. The molecule has 1 amide bonds. The number of rotatable bonds is 5. The van der Waals surface area contributed by atoms with Crippen LogP contribution in [0.15, 0.2) is 48.5 Å². The summed E-state index contributed by atoms with van der Waals surface area (Å²) in [6.45, 7) is 6.32. The minimum absolute atomic E-state index is 0.250. The molecular weight excluding hydrogens is 360 g/mol. The first kappa shape index (κ1) is 18.9. The molecule has 1 aromatic heterocycles. The molecule has 0 radical (unpaired) electrons. The van der Waals surface area contributed by atoms with Gasteiger partial charge in [-0.05, 0) is 61.7 Å². The first-order valence-corrected chi connectivity index (χ1v) is 9.02. The number of aromatic nitrogens is 2. The number of nitrogens with zero attached hydrogens (tertiary/aromatic N) is 2. The van der Waals surface area contributed by atoms with Gasteiger partial charge in [0.1, 0.15) is 5.69 Å². The maximum Gasteiger partial charge on any atom is 0.270 e. The van der Waals surface area contributed by atoms with E-state index in [0.717, 1.165) is 22.5 Å². The lowest BCUT2D eigenvalue weighted by Gasteiger charge is -2.12. The largest absolute Gasteiger partial charge is 0.347 e. The fraction of sp³-hybridized carbons (Fsp3) is 0.190. The van der Waals surface area contributed by atoms with E-state index in [1.54, 1.807) is 18.2 Å². The molecule has 0 saturated carbocycles. The molecule has 0 aliphatic carbocycles. The number of carbonyl (C=O) groups excluding carboxylic acids is 1. The number of hydrogen-bond acceptors (Lipinski definition) is 4. The summed E-state index contributed by atoms with van der Waals surface area (Å²) in [5.74, 6) is 0.153. The van der Waals surface area contributed by atoms with Crippen LogP contribution in [0, 0.1) is 20.8 Å². The van der Waals surface area contributed by atoms with Crippen molar-refractivity contribution in [2.45, 2.75) is 27.3 Å². The topological polar surface area (TPSA) is 66.9 Å². The second-order valence-electron chi connectivity index (χ2n) is 6.40. The van der Waals surface area contributed by atoms with E-state index in [1.165, 1.54) is 5.56 Å². The van der Waals surface area contributed by atoms with Crippen LogP contribution < -0.4 is 10.6 Å².